The normalized spacial score (nSPS) is 11.7. The second kappa shape index (κ2) is 10.3. The average molecular weight is 537 g/mol. The Kier molecular flexibility index (Phi) is 8.29. The molecule has 174 valence electrons. The molecule has 0 saturated heterocycles. The lowest BCUT2D eigenvalue weighted by Gasteiger charge is -2.17. The van der Waals surface area contributed by atoms with E-state index in [-0.39, 0.29) is 17.7 Å². The molecule has 1 N–H and O–H groups in total. The van der Waals surface area contributed by atoms with Crippen LogP contribution in [-0.4, -0.2) is 45.3 Å². The number of aryl methyl sites for hydroxylation is 1. The maximum absolute atomic E-state index is 13.0. The standard InChI is InChI=1S/C20H20BrF3N2O5S/c1-26(12-27)11-14-10-16(5-7-18(14)32(29,30)20(22,23)24)25-19(28)8-3-13-9-15(21)4-6-17(13)31-2/h4-7,9-10,12H,3,8,11H2,1-2H3,(H,25,28). The summed E-state index contributed by atoms with van der Waals surface area (Å²) < 4.78 is 68.9. The number of rotatable bonds is 9. The summed E-state index contributed by atoms with van der Waals surface area (Å²) in [5, 5.41) is 2.54. The molecular weight excluding hydrogens is 517 g/mol. The minimum atomic E-state index is -5.64. The molecule has 0 unspecified atom stereocenters. The van der Waals surface area contributed by atoms with Crippen molar-refractivity contribution in [2.75, 3.05) is 19.5 Å². The van der Waals surface area contributed by atoms with Gasteiger partial charge < -0.3 is 15.0 Å². The second-order valence-electron chi connectivity index (χ2n) is 6.80. The van der Waals surface area contributed by atoms with Crippen molar-refractivity contribution in [2.45, 2.75) is 29.8 Å². The Morgan fingerprint density at radius 2 is 1.88 bits per heavy atom. The zero-order chi connectivity index (χ0) is 24.1. The highest BCUT2D eigenvalue weighted by Crippen LogP contribution is 2.34. The number of nitrogens with one attached hydrogen (secondary N) is 1. The Labute approximate surface area is 191 Å². The molecule has 0 aliphatic heterocycles. The fraction of sp³-hybridized carbons (Fsp3) is 0.300. The van der Waals surface area contributed by atoms with E-state index < -0.39 is 32.7 Å². The molecule has 0 spiro atoms. The molecule has 0 heterocycles. The van der Waals surface area contributed by atoms with Crippen molar-refractivity contribution in [1.82, 2.24) is 4.90 Å². The monoisotopic (exact) mass is 536 g/mol. The first kappa shape index (κ1) is 25.7. The predicted molar refractivity (Wildman–Crippen MR) is 115 cm³/mol. The summed E-state index contributed by atoms with van der Waals surface area (Å²) in [6.07, 6.45) is 0.718. The lowest BCUT2D eigenvalue weighted by molar-refractivity contribution is -0.117. The molecule has 0 bridgehead atoms. The van der Waals surface area contributed by atoms with Crippen LogP contribution in [-0.2, 0) is 32.4 Å². The van der Waals surface area contributed by atoms with Gasteiger partial charge in [0.2, 0.25) is 12.3 Å². The molecule has 0 fully saturated rings. The van der Waals surface area contributed by atoms with Gasteiger partial charge in [-0.1, -0.05) is 15.9 Å². The van der Waals surface area contributed by atoms with E-state index in [4.69, 9.17) is 4.74 Å². The molecule has 7 nitrogen and oxygen atoms in total. The SMILES string of the molecule is COc1ccc(Br)cc1CCC(=O)Nc1ccc(S(=O)(=O)C(F)(F)F)c(CN(C)C=O)c1. The van der Waals surface area contributed by atoms with Gasteiger partial charge in [-0.05, 0) is 53.9 Å². The largest absolute Gasteiger partial charge is 0.501 e. The summed E-state index contributed by atoms with van der Waals surface area (Å²) in [6, 6.07) is 8.28. The van der Waals surface area contributed by atoms with Gasteiger partial charge in [0.15, 0.2) is 0 Å². The topological polar surface area (TPSA) is 92.8 Å². The predicted octanol–water partition coefficient (Wildman–Crippen LogP) is 3.91. The molecule has 0 saturated carbocycles. The van der Waals surface area contributed by atoms with Gasteiger partial charge in [0, 0.05) is 30.2 Å². The fourth-order valence-electron chi connectivity index (χ4n) is 2.89. The first-order valence-electron chi connectivity index (χ1n) is 9.11. The molecule has 2 aromatic carbocycles. The molecule has 0 atom stereocenters. The summed E-state index contributed by atoms with van der Waals surface area (Å²) in [4.78, 5) is 23.3. The highest BCUT2D eigenvalue weighted by atomic mass is 79.9. The van der Waals surface area contributed by atoms with Crippen molar-refractivity contribution in [2.24, 2.45) is 0 Å². The molecular formula is C20H20BrF3N2O5S. The molecule has 2 rings (SSSR count). The molecule has 0 radical (unpaired) electrons. The van der Waals surface area contributed by atoms with Crippen molar-refractivity contribution >= 4 is 43.8 Å². The van der Waals surface area contributed by atoms with Gasteiger partial charge in [0.25, 0.3) is 9.84 Å². The summed E-state index contributed by atoms with van der Waals surface area (Å²) in [5.41, 5.74) is -4.90. The summed E-state index contributed by atoms with van der Waals surface area (Å²) >= 11 is 3.34. The van der Waals surface area contributed by atoms with Crippen LogP contribution < -0.4 is 10.1 Å². The van der Waals surface area contributed by atoms with E-state index in [2.05, 4.69) is 21.2 Å². The Morgan fingerprint density at radius 1 is 1.19 bits per heavy atom. The van der Waals surface area contributed by atoms with Crippen LogP contribution in [0.4, 0.5) is 18.9 Å². The smallest absolute Gasteiger partial charge is 0.496 e. The number of carbonyl (C=O) groups excluding carboxylic acids is 2. The lowest BCUT2D eigenvalue weighted by Crippen LogP contribution is -2.26. The van der Waals surface area contributed by atoms with Crippen molar-refractivity contribution in [1.29, 1.82) is 0 Å². The Balaban J connectivity index is 2.25. The van der Waals surface area contributed by atoms with Crippen molar-refractivity contribution in [3.8, 4) is 5.75 Å². The van der Waals surface area contributed by atoms with E-state index in [1.807, 2.05) is 0 Å². The molecule has 32 heavy (non-hydrogen) atoms. The molecule has 0 aliphatic rings. The third kappa shape index (κ3) is 6.22. The van der Waals surface area contributed by atoms with Crippen LogP contribution in [0.2, 0.25) is 0 Å². The summed E-state index contributed by atoms with van der Waals surface area (Å²) in [5.74, 6) is 0.162. The Bertz CT molecular complexity index is 1110. The first-order valence-corrected chi connectivity index (χ1v) is 11.4. The van der Waals surface area contributed by atoms with Gasteiger partial charge >= 0.3 is 5.51 Å². The van der Waals surface area contributed by atoms with E-state index in [0.717, 1.165) is 33.1 Å². The molecule has 0 aliphatic carbocycles. The van der Waals surface area contributed by atoms with Crippen LogP contribution in [0.5, 0.6) is 5.75 Å². The zero-order valence-corrected chi connectivity index (χ0v) is 19.5. The highest BCUT2D eigenvalue weighted by Gasteiger charge is 2.47. The van der Waals surface area contributed by atoms with Gasteiger partial charge in [-0.2, -0.15) is 13.2 Å². The second-order valence-corrected chi connectivity index (χ2v) is 9.62. The maximum Gasteiger partial charge on any atom is 0.501 e. The third-order valence-electron chi connectivity index (χ3n) is 4.40. The minimum absolute atomic E-state index is 0.0407. The van der Waals surface area contributed by atoms with Crippen molar-refractivity contribution < 1.29 is 35.9 Å². The number of carbonyl (C=O) groups is 2. The number of halogens is 4. The fourth-order valence-corrected chi connectivity index (χ4v) is 4.26. The number of sulfone groups is 1. The summed E-state index contributed by atoms with van der Waals surface area (Å²) in [7, 11) is -2.85. The molecule has 12 heteroatoms. The van der Waals surface area contributed by atoms with E-state index >= 15 is 0 Å². The van der Waals surface area contributed by atoms with Crippen LogP contribution >= 0.6 is 15.9 Å². The quantitative estimate of drug-likeness (QED) is 0.490. The average Bonchev–Trinajstić information content (AvgIpc) is 2.71. The van der Waals surface area contributed by atoms with E-state index in [0.29, 0.717) is 18.6 Å². The van der Waals surface area contributed by atoms with E-state index in [9.17, 15) is 31.2 Å². The number of anilines is 1. The molecule has 2 aromatic rings. The van der Waals surface area contributed by atoms with E-state index in [1.165, 1.54) is 14.2 Å². The first-order chi connectivity index (χ1) is 14.9. The van der Waals surface area contributed by atoms with Crippen molar-refractivity contribution in [3.05, 3.63) is 52.0 Å². The number of hydrogen-bond donors (Lipinski definition) is 1. The number of nitrogens with zero attached hydrogens (tertiary/aromatic N) is 1. The van der Waals surface area contributed by atoms with Crippen molar-refractivity contribution in [3.63, 3.8) is 0 Å². The third-order valence-corrected chi connectivity index (χ3v) is 6.48. The number of benzene rings is 2. The van der Waals surface area contributed by atoms with Gasteiger partial charge in [-0.3, -0.25) is 9.59 Å². The maximum atomic E-state index is 13.0. The Morgan fingerprint density at radius 3 is 2.47 bits per heavy atom. The van der Waals surface area contributed by atoms with Crippen LogP contribution in [0.25, 0.3) is 0 Å². The molecule has 0 aromatic heterocycles. The summed E-state index contributed by atoms with van der Waals surface area (Å²) in [6.45, 7) is -0.396. The number of alkyl halides is 3. The van der Waals surface area contributed by atoms with Crippen LogP contribution in [0, 0.1) is 0 Å². The number of ether oxygens (including phenoxy) is 1. The van der Waals surface area contributed by atoms with Gasteiger partial charge in [0.05, 0.1) is 12.0 Å². The number of methoxy groups -OCH3 is 1. The minimum Gasteiger partial charge on any atom is -0.496 e. The highest BCUT2D eigenvalue weighted by molar-refractivity contribution is 9.10. The van der Waals surface area contributed by atoms with Crippen LogP contribution in [0.3, 0.4) is 0 Å². The van der Waals surface area contributed by atoms with Gasteiger partial charge in [-0.25, -0.2) is 8.42 Å². The van der Waals surface area contributed by atoms with Gasteiger partial charge in [0.1, 0.15) is 5.75 Å². The number of hydrogen-bond acceptors (Lipinski definition) is 5. The Hall–Kier alpha value is -2.60. The lowest BCUT2D eigenvalue weighted by atomic mass is 10.1. The zero-order valence-electron chi connectivity index (χ0n) is 17.1. The van der Waals surface area contributed by atoms with Crippen LogP contribution in [0.15, 0.2) is 45.8 Å². The van der Waals surface area contributed by atoms with Crippen LogP contribution in [0.1, 0.15) is 17.5 Å². The molecule has 2 amide bonds. The van der Waals surface area contributed by atoms with E-state index in [1.54, 1.807) is 18.2 Å². The van der Waals surface area contributed by atoms with Gasteiger partial charge in [-0.15, -0.1) is 0 Å². The number of amides is 2.